The monoisotopic (exact) mass is 173 g/mol. The van der Waals surface area contributed by atoms with Gasteiger partial charge in [-0.3, -0.25) is 4.98 Å². The summed E-state index contributed by atoms with van der Waals surface area (Å²) in [6, 6.07) is 4.02. The zero-order valence-corrected chi connectivity index (χ0v) is 7.49. The summed E-state index contributed by atoms with van der Waals surface area (Å²) in [5.41, 5.74) is 2.17. The first kappa shape index (κ1) is 7.98. The van der Waals surface area contributed by atoms with Gasteiger partial charge in [0.05, 0.1) is 0 Å². The summed E-state index contributed by atoms with van der Waals surface area (Å²) in [7, 11) is 0. The molecular weight excluding hydrogens is 162 g/mol. The first-order valence-corrected chi connectivity index (χ1v) is 4.35. The molecule has 2 aromatic heterocycles. The summed E-state index contributed by atoms with van der Waals surface area (Å²) >= 11 is 0. The van der Waals surface area contributed by atoms with Crippen LogP contribution in [0.5, 0.6) is 0 Å². The van der Waals surface area contributed by atoms with Gasteiger partial charge in [-0.2, -0.15) is 0 Å². The van der Waals surface area contributed by atoms with Crippen LogP contribution in [0.4, 0.5) is 0 Å². The largest absolute Gasteiger partial charge is 0.343 e. The highest BCUT2D eigenvalue weighted by atomic mass is 14.9. The minimum Gasteiger partial charge on any atom is -0.343 e. The van der Waals surface area contributed by atoms with Gasteiger partial charge >= 0.3 is 0 Å². The van der Waals surface area contributed by atoms with Gasteiger partial charge in [-0.05, 0) is 18.1 Å². The highest BCUT2D eigenvalue weighted by Crippen LogP contribution is 2.16. The molecule has 2 aromatic rings. The lowest BCUT2D eigenvalue weighted by Gasteiger charge is -2.01. The molecule has 0 saturated heterocycles. The molecule has 0 fully saturated rings. The van der Waals surface area contributed by atoms with Crippen LogP contribution in [0.25, 0.3) is 11.5 Å². The third-order valence-electron chi connectivity index (χ3n) is 1.99. The molecule has 0 unspecified atom stereocenters. The molecule has 0 atom stereocenters. The summed E-state index contributed by atoms with van der Waals surface area (Å²) in [5.74, 6) is 0.845. The molecule has 2 rings (SSSR count). The Bertz CT molecular complexity index is 379. The second-order valence-electron chi connectivity index (χ2n) is 2.80. The SMILES string of the molecule is CCc1cccnc1-c1ncc[nH]1. The van der Waals surface area contributed by atoms with Gasteiger partial charge in [0, 0.05) is 18.6 Å². The van der Waals surface area contributed by atoms with E-state index in [2.05, 4.69) is 27.9 Å². The molecule has 0 bridgehead atoms. The van der Waals surface area contributed by atoms with Crippen LogP contribution in [0, 0.1) is 0 Å². The van der Waals surface area contributed by atoms with Crippen LogP contribution in [-0.2, 0) is 6.42 Å². The molecule has 0 aromatic carbocycles. The van der Waals surface area contributed by atoms with Crippen molar-refractivity contribution >= 4 is 0 Å². The fraction of sp³-hybridized carbons (Fsp3) is 0.200. The number of aromatic amines is 1. The molecule has 1 N–H and O–H groups in total. The molecule has 0 aliphatic carbocycles. The molecule has 3 nitrogen and oxygen atoms in total. The molecule has 0 spiro atoms. The van der Waals surface area contributed by atoms with Crippen molar-refractivity contribution in [1.82, 2.24) is 15.0 Å². The number of hydrogen-bond donors (Lipinski definition) is 1. The van der Waals surface area contributed by atoms with Crippen molar-refractivity contribution in [3.63, 3.8) is 0 Å². The van der Waals surface area contributed by atoms with Crippen LogP contribution < -0.4 is 0 Å². The van der Waals surface area contributed by atoms with Gasteiger partial charge < -0.3 is 4.98 Å². The van der Waals surface area contributed by atoms with E-state index in [-0.39, 0.29) is 0 Å². The van der Waals surface area contributed by atoms with Gasteiger partial charge in [-0.15, -0.1) is 0 Å². The van der Waals surface area contributed by atoms with E-state index < -0.39 is 0 Å². The predicted octanol–water partition coefficient (Wildman–Crippen LogP) is 2.03. The number of nitrogens with one attached hydrogen (secondary N) is 1. The second-order valence-corrected chi connectivity index (χ2v) is 2.80. The Balaban J connectivity index is 2.51. The molecule has 2 heterocycles. The van der Waals surface area contributed by atoms with Gasteiger partial charge in [0.1, 0.15) is 5.69 Å². The van der Waals surface area contributed by atoms with Crippen molar-refractivity contribution in [3.05, 3.63) is 36.3 Å². The molecule has 0 aliphatic heterocycles. The molecule has 0 saturated carbocycles. The highest BCUT2D eigenvalue weighted by molar-refractivity contribution is 5.54. The minimum atomic E-state index is 0.845. The fourth-order valence-electron chi connectivity index (χ4n) is 1.33. The van der Waals surface area contributed by atoms with E-state index in [0.717, 1.165) is 17.9 Å². The van der Waals surface area contributed by atoms with Crippen molar-refractivity contribution < 1.29 is 0 Å². The third-order valence-corrected chi connectivity index (χ3v) is 1.99. The molecule has 13 heavy (non-hydrogen) atoms. The number of hydrogen-bond acceptors (Lipinski definition) is 2. The second kappa shape index (κ2) is 3.39. The zero-order valence-electron chi connectivity index (χ0n) is 7.49. The van der Waals surface area contributed by atoms with E-state index in [0.29, 0.717) is 0 Å². The maximum absolute atomic E-state index is 4.30. The molecule has 3 heteroatoms. The number of rotatable bonds is 2. The topological polar surface area (TPSA) is 41.6 Å². The van der Waals surface area contributed by atoms with E-state index in [9.17, 15) is 0 Å². The number of aromatic nitrogens is 3. The average molecular weight is 173 g/mol. The average Bonchev–Trinajstić information content (AvgIpc) is 2.70. The van der Waals surface area contributed by atoms with E-state index in [4.69, 9.17) is 0 Å². The molecule has 0 radical (unpaired) electrons. The fourth-order valence-corrected chi connectivity index (χ4v) is 1.33. The highest BCUT2D eigenvalue weighted by Gasteiger charge is 2.05. The third kappa shape index (κ3) is 1.45. The smallest absolute Gasteiger partial charge is 0.156 e. The summed E-state index contributed by atoms with van der Waals surface area (Å²) in [6.45, 7) is 2.11. The van der Waals surface area contributed by atoms with Gasteiger partial charge in [0.25, 0.3) is 0 Å². The predicted molar refractivity (Wildman–Crippen MR) is 51.2 cm³/mol. The number of H-pyrrole nitrogens is 1. The van der Waals surface area contributed by atoms with Gasteiger partial charge in [-0.1, -0.05) is 13.0 Å². The van der Waals surface area contributed by atoms with Crippen molar-refractivity contribution in [3.8, 4) is 11.5 Å². The maximum atomic E-state index is 4.30. The van der Waals surface area contributed by atoms with E-state index in [1.54, 1.807) is 12.4 Å². The number of nitrogens with zero attached hydrogens (tertiary/aromatic N) is 2. The Kier molecular flexibility index (Phi) is 2.08. The quantitative estimate of drug-likeness (QED) is 0.755. The normalized spacial score (nSPS) is 10.2. The Morgan fingerprint density at radius 1 is 1.31 bits per heavy atom. The number of aryl methyl sites for hydroxylation is 1. The standard InChI is InChI=1S/C10H11N3/c1-2-8-4-3-5-11-9(8)10-12-6-7-13-10/h3-7H,2H2,1H3,(H,12,13). The minimum absolute atomic E-state index is 0.845. The molecule has 0 aliphatic rings. The lowest BCUT2D eigenvalue weighted by atomic mass is 10.1. The summed E-state index contributed by atoms with van der Waals surface area (Å²) in [4.78, 5) is 11.5. The first-order chi connectivity index (χ1) is 6.42. The summed E-state index contributed by atoms with van der Waals surface area (Å²) in [6.07, 6.45) is 6.31. The van der Waals surface area contributed by atoms with Crippen LogP contribution in [-0.4, -0.2) is 15.0 Å². The van der Waals surface area contributed by atoms with Crippen molar-refractivity contribution in [2.75, 3.05) is 0 Å². The van der Waals surface area contributed by atoms with E-state index in [1.807, 2.05) is 12.3 Å². The van der Waals surface area contributed by atoms with Gasteiger partial charge in [0.2, 0.25) is 0 Å². The van der Waals surface area contributed by atoms with E-state index >= 15 is 0 Å². The van der Waals surface area contributed by atoms with Crippen molar-refractivity contribution in [1.29, 1.82) is 0 Å². The van der Waals surface area contributed by atoms with Crippen LogP contribution in [0.3, 0.4) is 0 Å². The lowest BCUT2D eigenvalue weighted by Crippen LogP contribution is -1.92. The summed E-state index contributed by atoms with van der Waals surface area (Å²) < 4.78 is 0. The lowest BCUT2D eigenvalue weighted by molar-refractivity contribution is 1.09. The Labute approximate surface area is 76.9 Å². The van der Waals surface area contributed by atoms with Crippen LogP contribution >= 0.6 is 0 Å². The van der Waals surface area contributed by atoms with Gasteiger partial charge in [-0.25, -0.2) is 4.98 Å². The number of pyridine rings is 1. The summed E-state index contributed by atoms with van der Waals surface area (Å²) in [5, 5.41) is 0. The van der Waals surface area contributed by atoms with Crippen molar-refractivity contribution in [2.45, 2.75) is 13.3 Å². The molecule has 66 valence electrons. The molecule has 0 amide bonds. The van der Waals surface area contributed by atoms with Gasteiger partial charge in [0.15, 0.2) is 5.82 Å². The van der Waals surface area contributed by atoms with Crippen LogP contribution in [0.1, 0.15) is 12.5 Å². The van der Waals surface area contributed by atoms with E-state index in [1.165, 1.54) is 5.56 Å². The maximum Gasteiger partial charge on any atom is 0.156 e. The number of imidazole rings is 1. The Hall–Kier alpha value is -1.64. The van der Waals surface area contributed by atoms with Crippen LogP contribution in [0.15, 0.2) is 30.7 Å². The zero-order chi connectivity index (χ0) is 9.10. The van der Waals surface area contributed by atoms with Crippen molar-refractivity contribution in [2.24, 2.45) is 0 Å². The first-order valence-electron chi connectivity index (χ1n) is 4.35. The Morgan fingerprint density at radius 3 is 2.92 bits per heavy atom. The van der Waals surface area contributed by atoms with Crippen LogP contribution in [0.2, 0.25) is 0 Å². The Morgan fingerprint density at radius 2 is 2.23 bits per heavy atom. The molecular formula is C10H11N3.